The van der Waals surface area contributed by atoms with Gasteiger partial charge in [0.25, 0.3) is 0 Å². The monoisotopic (exact) mass is 145 g/mol. The molecule has 0 aromatic heterocycles. The molecule has 0 aromatic rings. The Bertz CT molecular complexity index is 112. The Hall–Kier alpha value is -0.280. The first kappa shape index (κ1) is 8.72. The van der Waals surface area contributed by atoms with Crippen molar-refractivity contribution in [3.8, 4) is 0 Å². The minimum Gasteiger partial charge on any atom is -0.396 e. The van der Waals surface area contributed by atoms with Crippen LogP contribution in [0.5, 0.6) is 0 Å². The van der Waals surface area contributed by atoms with Gasteiger partial charge in [0.05, 0.1) is 5.04 Å². The van der Waals surface area contributed by atoms with Gasteiger partial charge in [-0.3, -0.25) is 5.41 Å². The van der Waals surface area contributed by atoms with E-state index in [2.05, 4.69) is 0 Å². The maximum atomic E-state index is 8.36. The highest BCUT2D eigenvalue weighted by atomic mass is 32.2. The molecule has 52 valence electrons. The summed E-state index contributed by atoms with van der Waals surface area (Å²) in [7, 11) is 0. The lowest BCUT2D eigenvalue weighted by Crippen LogP contribution is -1.91. The Morgan fingerprint density at radius 1 is 1.78 bits per heavy atom. The molecule has 0 fully saturated rings. The average Bonchev–Trinajstić information content (AvgIpc) is 1.85. The van der Waals surface area contributed by atoms with Crippen LogP contribution in [0.15, 0.2) is 11.5 Å². The van der Waals surface area contributed by atoms with Gasteiger partial charge in [-0.1, -0.05) is 17.8 Å². The Labute approximate surface area is 59.5 Å². The number of allylic oxidation sites excluding steroid dienone is 1. The minimum atomic E-state index is 0.0728. The first-order valence-electron chi connectivity index (χ1n) is 2.77. The maximum Gasteiger partial charge on any atom is 0.0706 e. The molecule has 0 aliphatic heterocycles. The Morgan fingerprint density at radius 3 is 2.89 bits per heavy atom. The van der Waals surface area contributed by atoms with Gasteiger partial charge in [-0.05, 0) is 12.3 Å². The molecule has 0 saturated carbocycles. The zero-order chi connectivity index (χ0) is 7.11. The Balaban J connectivity index is 3.27. The molecule has 9 heavy (non-hydrogen) atoms. The van der Waals surface area contributed by atoms with Crippen LogP contribution in [0.3, 0.4) is 0 Å². The van der Waals surface area contributed by atoms with Crippen LogP contribution < -0.4 is 0 Å². The number of thioether (sulfide) groups is 1. The predicted molar refractivity (Wildman–Crippen MR) is 41.8 cm³/mol. The largest absolute Gasteiger partial charge is 0.396 e. The normalized spacial score (nSPS) is 10.4. The van der Waals surface area contributed by atoms with Crippen molar-refractivity contribution in [3.05, 3.63) is 11.5 Å². The van der Waals surface area contributed by atoms with Crippen LogP contribution in [0.1, 0.15) is 13.3 Å². The second-order valence-corrected chi connectivity index (χ2v) is 2.48. The van der Waals surface area contributed by atoms with Crippen molar-refractivity contribution in [1.82, 2.24) is 0 Å². The highest BCUT2D eigenvalue weighted by Crippen LogP contribution is 2.05. The summed E-state index contributed by atoms with van der Waals surface area (Å²) < 4.78 is 0. The van der Waals surface area contributed by atoms with Gasteiger partial charge in [0.1, 0.15) is 0 Å². The van der Waals surface area contributed by atoms with Crippen molar-refractivity contribution in [2.24, 2.45) is 0 Å². The lowest BCUT2D eigenvalue weighted by Gasteiger charge is -1.92. The molecule has 0 unspecified atom stereocenters. The first-order chi connectivity index (χ1) is 4.31. The molecule has 0 amide bonds. The van der Waals surface area contributed by atoms with Gasteiger partial charge >= 0.3 is 0 Å². The number of hydrogen-bond acceptors (Lipinski definition) is 3. The van der Waals surface area contributed by atoms with Crippen molar-refractivity contribution >= 4 is 16.8 Å². The Morgan fingerprint density at radius 2 is 2.44 bits per heavy atom. The summed E-state index contributed by atoms with van der Waals surface area (Å²) in [6.45, 7) is 1.97. The number of rotatable bonds is 3. The summed E-state index contributed by atoms with van der Waals surface area (Å²) in [5, 5.41) is 17.8. The average molecular weight is 145 g/mol. The van der Waals surface area contributed by atoms with E-state index >= 15 is 0 Å². The van der Waals surface area contributed by atoms with Crippen LogP contribution in [0.25, 0.3) is 0 Å². The molecule has 0 aliphatic rings. The Kier molecular flexibility index (Phi) is 5.67. The van der Waals surface area contributed by atoms with E-state index in [1.54, 1.807) is 0 Å². The van der Waals surface area contributed by atoms with Gasteiger partial charge in [-0.25, -0.2) is 0 Å². The van der Waals surface area contributed by atoms with E-state index in [9.17, 15) is 0 Å². The van der Waals surface area contributed by atoms with Gasteiger partial charge in [0.15, 0.2) is 0 Å². The number of aliphatic hydroxyl groups excluding tert-OH is 1. The molecule has 0 aromatic carbocycles. The van der Waals surface area contributed by atoms with Gasteiger partial charge in [0, 0.05) is 13.0 Å². The van der Waals surface area contributed by atoms with Crippen molar-refractivity contribution in [2.75, 3.05) is 6.61 Å². The van der Waals surface area contributed by atoms with Gasteiger partial charge in [-0.15, -0.1) is 0 Å². The third-order valence-electron chi connectivity index (χ3n) is 0.685. The molecule has 3 heteroatoms. The summed E-state index contributed by atoms with van der Waals surface area (Å²) >= 11 is 1.34. The van der Waals surface area contributed by atoms with Crippen LogP contribution >= 0.6 is 11.8 Å². The van der Waals surface area contributed by atoms with E-state index in [0.29, 0.717) is 11.5 Å². The van der Waals surface area contributed by atoms with Crippen LogP contribution in [0.2, 0.25) is 0 Å². The molecule has 2 N–H and O–H groups in total. The number of aliphatic hydroxyl groups is 1. The highest BCUT2D eigenvalue weighted by molar-refractivity contribution is 8.16. The minimum absolute atomic E-state index is 0.0728. The van der Waals surface area contributed by atoms with Gasteiger partial charge in [-0.2, -0.15) is 0 Å². The van der Waals surface area contributed by atoms with Crippen molar-refractivity contribution in [3.63, 3.8) is 0 Å². The lowest BCUT2D eigenvalue weighted by molar-refractivity contribution is 0.307. The fourth-order valence-electron chi connectivity index (χ4n) is 0.311. The molecule has 0 spiro atoms. The fourth-order valence-corrected chi connectivity index (χ4v) is 0.820. The molecule has 0 heterocycles. The van der Waals surface area contributed by atoms with Crippen LogP contribution in [0.4, 0.5) is 0 Å². The van der Waals surface area contributed by atoms with Gasteiger partial charge in [0.2, 0.25) is 0 Å². The second-order valence-electron chi connectivity index (χ2n) is 1.48. The molecule has 0 bridgehead atoms. The van der Waals surface area contributed by atoms with E-state index in [0.717, 1.165) is 0 Å². The molecular weight excluding hydrogens is 134 g/mol. The molecule has 0 radical (unpaired) electrons. The second kappa shape index (κ2) is 5.85. The van der Waals surface area contributed by atoms with Gasteiger partial charge < -0.3 is 5.11 Å². The third-order valence-corrected chi connectivity index (χ3v) is 1.58. The number of hydrogen-bond donors (Lipinski definition) is 2. The summed E-state index contributed by atoms with van der Waals surface area (Å²) in [5.41, 5.74) is 0. The van der Waals surface area contributed by atoms with Crippen molar-refractivity contribution < 1.29 is 5.11 Å². The fraction of sp³-hybridized carbons (Fsp3) is 0.500. The quantitative estimate of drug-likeness (QED) is 0.468. The van der Waals surface area contributed by atoms with Crippen LogP contribution in [-0.4, -0.2) is 16.8 Å². The maximum absolute atomic E-state index is 8.36. The summed E-state index contributed by atoms with van der Waals surface area (Å²) in [6.07, 6.45) is 2.34. The predicted octanol–water partition coefficient (Wildman–Crippen LogP) is 1.61. The summed E-state index contributed by atoms with van der Waals surface area (Å²) in [5.74, 6) is 0. The smallest absolute Gasteiger partial charge is 0.0706 e. The highest BCUT2D eigenvalue weighted by Gasteiger charge is 1.90. The van der Waals surface area contributed by atoms with Crippen LogP contribution in [0, 0.1) is 5.41 Å². The molecule has 0 atom stereocenters. The lowest BCUT2D eigenvalue weighted by atomic mass is 10.5. The SMILES string of the molecule is C/C=C\SC(=N)CCO. The zero-order valence-corrected chi connectivity index (χ0v) is 6.24. The molecule has 2 nitrogen and oxygen atoms in total. The van der Waals surface area contributed by atoms with Crippen LogP contribution in [-0.2, 0) is 0 Å². The molecule has 0 rings (SSSR count). The van der Waals surface area contributed by atoms with E-state index in [-0.39, 0.29) is 6.61 Å². The third kappa shape index (κ3) is 5.59. The molecule has 0 aliphatic carbocycles. The number of nitrogens with one attached hydrogen (secondary N) is 1. The van der Waals surface area contributed by atoms with Crippen molar-refractivity contribution in [1.29, 1.82) is 5.41 Å². The summed E-state index contributed by atoms with van der Waals surface area (Å²) in [4.78, 5) is 0. The summed E-state index contributed by atoms with van der Waals surface area (Å²) in [6, 6.07) is 0. The van der Waals surface area contributed by atoms with E-state index in [1.807, 2.05) is 18.4 Å². The standard InChI is InChI=1S/C6H11NOS/c1-2-5-9-6(7)3-4-8/h2,5,7-8H,3-4H2,1H3/b5-2-,7-6?. The topological polar surface area (TPSA) is 44.1 Å². The van der Waals surface area contributed by atoms with E-state index in [4.69, 9.17) is 10.5 Å². The van der Waals surface area contributed by atoms with E-state index in [1.165, 1.54) is 11.8 Å². The first-order valence-corrected chi connectivity index (χ1v) is 3.65. The zero-order valence-electron chi connectivity index (χ0n) is 5.42. The van der Waals surface area contributed by atoms with E-state index < -0.39 is 0 Å². The molecule has 0 saturated heterocycles. The van der Waals surface area contributed by atoms with Crippen molar-refractivity contribution in [2.45, 2.75) is 13.3 Å². The molecular formula is C6H11NOS.